The number of ether oxygens (including phenoxy) is 1. The topological polar surface area (TPSA) is 98.0 Å². The van der Waals surface area contributed by atoms with Gasteiger partial charge in [0, 0.05) is 61.8 Å². The van der Waals surface area contributed by atoms with Gasteiger partial charge in [-0.1, -0.05) is 12.7 Å². The number of halogens is 3. The molecule has 3 heterocycles. The van der Waals surface area contributed by atoms with Crippen LogP contribution >= 0.6 is 0 Å². The zero-order valence-corrected chi connectivity index (χ0v) is 23.5. The van der Waals surface area contributed by atoms with Crippen LogP contribution in [0.25, 0.3) is 5.57 Å². The fraction of sp³-hybridized carbons (Fsp3) is 0.414. The number of pyridine rings is 1. The highest BCUT2D eigenvalue weighted by atomic mass is 19.3. The Bertz CT molecular complexity index is 1440. The SMILES string of the molecule is C=C1CN(c2cc(F)c(C3=CCCN(C(=O)OC(C)C)C3)cc2NC(=O)c2c[nH]c(=O)cc2C(F)F)C[C@H](C)N1C. The summed E-state index contributed by atoms with van der Waals surface area (Å²) in [5.74, 6) is -1.46. The van der Waals surface area contributed by atoms with Crippen molar-refractivity contribution in [3.63, 3.8) is 0 Å². The van der Waals surface area contributed by atoms with Crippen molar-refractivity contribution in [2.45, 2.75) is 45.8 Å². The maximum Gasteiger partial charge on any atom is 0.410 e. The number of carbonyl (C=O) groups is 2. The van der Waals surface area contributed by atoms with Crippen LogP contribution in [-0.2, 0) is 4.74 Å². The number of amides is 2. The van der Waals surface area contributed by atoms with Crippen molar-refractivity contribution < 1.29 is 27.5 Å². The van der Waals surface area contributed by atoms with Gasteiger partial charge in [-0.05, 0) is 44.9 Å². The Kier molecular flexibility index (Phi) is 8.79. The number of piperazine rings is 1. The van der Waals surface area contributed by atoms with Crippen LogP contribution in [0.5, 0.6) is 0 Å². The molecule has 0 radical (unpaired) electrons. The molecule has 2 amide bonds. The first-order valence-electron chi connectivity index (χ1n) is 13.3. The minimum absolute atomic E-state index is 0.0220. The van der Waals surface area contributed by atoms with Crippen LogP contribution in [0.15, 0.2) is 47.5 Å². The van der Waals surface area contributed by atoms with Crippen molar-refractivity contribution >= 4 is 28.9 Å². The molecule has 2 N–H and O–H groups in total. The Morgan fingerprint density at radius 2 is 1.93 bits per heavy atom. The maximum atomic E-state index is 15.8. The Labute approximate surface area is 236 Å². The largest absolute Gasteiger partial charge is 0.447 e. The molecule has 220 valence electrons. The molecule has 0 saturated carbocycles. The summed E-state index contributed by atoms with van der Waals surface area (Å²) < 4.78 is 48.4. The van der Waals surface area contributed by atoms with E-state index in [0.717, 1.165) is 11.9 Å². The molecule has 2 aliphatic rings. The Morgan fingerprint density at radius 1 is 1.20 bits per heavy atom. The van der Waals surface area contributed by atoms with E-state index in [9.17, 15) is 23.2 Å². The van der Waals surface area contributed by atoms with Crippen LogP contribution < -0.4 is 15.8 Å². The van der Waals surface area contributed by atoms with Crippen LogP contribution in [0, 0.1) is 5.82 Å². The Morgan fingerprint density at radius 3 is 2.59 bits per heavy atom. The summed E-state index contributed by atoms with van der Waals surface area (Å²) in [6.45, 7) is 10.9. The highest BCUT2D eigenvalue weighted by Gasteiger charge is 2.29. The summed E-state index contributed by atoms with van der Waals surface area (Å²) in [6, 6.07) is 3.45. The lowest BCUT2D eigenvalue weighted by Crippen LogP contribution is -2.48. The van der Waals surface area contributed by atoms with Crippen molar-refractivity contribution in [3.05, 3.63) is 75.6 Å². The molecule has 1 aromatic heterocycles. The van der Waals surface area contributed by atoms with Crippen molar-refractivity contribution in [2.75, 3.05) is 43.4 Å². The first kappa shape index (κ1) is 29.8. The lowest BCUT2D eigenvalue weighted by molar-refractivity contribution is 0.0802. The smallest absolute Gasteiger partial charge is 0.410 e. The number of benzene rings is 1. The minimum atomic E-state index is -3.06. The molecule has 2 aliphatic heterocycles. The van der Waals surface area contributed by atoms with Crippen molar-refractivity contribution in [3.8, 4) is 0 Å². The number of hydrogen-bond donors (Lipinski definition) is 2. The van der Waals surface area contributed by atoms with Crippen molar-refractivity contribution in [1.29, 1.82) is 0 Å². The zero-order chi connectivity index (χ0) is 30.0. The second-order valence-electron chi connectivity index (χ2n) is 10.5. The number of nitrogens with zero attached hydrogens (tertiary/aromatic N) is 3. The number of nitrogens with one attached hydrogen (secondary N) is 2. The maximum absolute atomic E-state index is 15.8. The highest BCUT2D eigenvalue weighted by Crippen LogP contribution is 2.36. The lowest BCUT2D eigenvalue weighted by Gasteiger charge is -2.42. The van der Waals surface area contributed by atoms with Gasteiger partial charge in [0.15, 0.2) is 0 Å². The molecular formula is C29H34F3N5O4. The van der Waals surface area contributed by atoms with Crippen molar-refractivity contribution in [2.24, 2.45) is 0 Å². The molecule has 4 rings (SSSR count). The second-order valence-corrected chi connectivity index (χ2v) is 10.5. The molecule has 0 aliphatic carbocycles. The van der Waals surface area contributed by atoms with E-state index < -0.39 is 40.9 Å². The van der Waals surface area contributed by atoms with Gasteiger partial charge < -0.3 is 29.7 Å². The van der Waals surface area contributed by atoms with E-state index >= 15 is 4.39 Å². The number of rotatable bonds is 6. The molecule has 2 aromatic rings. The summed E-state index contributed by atoms with van der Waals surface area (Å²) in [7, 11) is 1.91. The fourth-order valence-electron chi connectivity index (χ4n) is 4.93. The summed E-state index contributed by atoms with van der Waals surface area (Å²) in [5.41, 5.74) is 0.0869. The number of aromatic amines is 1. The fourth-order valence-corrected chi connectivity index (χ4v) is 4.93. The summed E-state index contributed by atoms with van der Waals surface area (Å²) >= 11 is 0. The molecule has 1 fully saturated rings. The average molecular weight is 574 g/mol. The third-order valence-electron chi connectivity index (χ3n) is 7.22. The van der Waals surface area contributed by atoms with Gasteiger partial charge in [-0.15, -0.1) is 0 Å². The Balaban J connectivity index is 1.75. The van der Waals surface area contributed by atoms with Gasteiger partial charge in [-0.2, -0.15) is 0 Å². The van der Waals surface area contributed by atoms with E-state index in [1.807, 2.05) is 29.8 Å². The molecule has 9 nitrogen and oxygen atoms in total. The average Bonchev–Trinajstić information content (AvgIpc) is 2.91. The van der Waals surface area contributed by atoms with E-state index in [-0.39, 0.29) is 29.9 Å². The van der Waals surface area contributed by atoms with Gasteiger partial charge in [0.05, 0.1) is 29.6 Å². The number of likely N-dealkylation sites (N-methyl/N-ethyl adjacent to an activating group) is 1. The van der Waals surface area contributed by atoms with E-state index in [2.05, 4.69) is 16.9 Å². The summed E-state index contributed by atoms with van der Waals surface area (Å²) in [4.78, 5) is 45.1. The summed E-state index contributed by atoms with van der Waals surface area (Å²) in [5, 5.41) is 2.67. The molecular weight excluding hydrogens is 539 g/mol. The minimum Gasteiger partial charge on any atom is -0.447 e. The van der Waals surface area contributed by atoms with Crippen molar-refractivity contribution in [1.82, 2.24) is 14.8 Å². The third kappa shape index (κ3) is 6.58. The summed E-state index contributed by atoms with van der Waals surface area (Å²) in [6.07, 6.45) is -0.673. The predicted octanol–water partition coefficient (Wildman–Crippen LogP) is 4.99. The molecule has 1 atom stereocenters. The predicted molar refractivity (Wildman–Crippen MR) is 151 cm³/mol. The van der Waals surface area contributed by atoms with Crippen LogP contribution in [-0.4, -0.2) is 72.2 Å². The van der Waals surface area contributed by atoms with Gasteiger partial charge in [0.25, 0.3) is 12.3 Å². The molecule has 0 spiro atoms. The second kappa shape index (κ2) is 12.1. The zero-order valence-electron chi connectivity index (χ0n) is 23.5. The molecule has 1 aromatic carbocycles. The normalized spacial score (nSPS) is 17.7. The van der Waals surface area contributed by atoms with Gasteiger partial charge >= 0.3 is 6.09 Å². The van der Waals surface area contributed by atoms with Crippen LogP contribution in [0.2, 0.25) is 0 Å². The van der Waals surface area contributed by atoms with Gasteiger partial charge in [-0.3, -0.25) is 9.59 Å². The number of H-pyrrole nitrogens is 1. The van der Waals surface area contributed by atoms with Crippen LogP contribution in [0.1, 0.15) is 55.1 Å². The first-order valence-corrected chi connectivity index (χ1v) is 13.3. The molecule has 41 heavy (non-hydrogen) atoms. The molecule has 12 heteroatoms. The van der Waals surface area contributed by atoms with Gasteiger partial charge in [0.2, 0.25) is 5.56 Å². The Hall–Kier alpha value is -4.22. The number of anilines is 2. The van der Waals surface area contributed by atoms with Crippen LogP contribution in [0.4, 0.5) is 29.3 Å². The number of aromatic nitrogens is 1. The van der Waals surface area contributed by atoms with E-state index in [1.165, 1.54) is 17.0 Å². The quantitative estimate of drug-likeness (QED) is 0.505. The van der Waals surface area contributed by atoms with Gasteiger partial charge in [-0.25, -0.2) is 18.0 Å². The van der Waals surface area contributed by atoms with Crippen LogP contribution in [0.3, 0.4) is 0 Å². The lowest BCUT2D eigenvalue weighted by atomic mass is 9.98. The highest BCUT2D eigenvalue weighted by molar-refractivity contribution is 6.07. The number of alkyl halides is 2. The first-order chi connectivity index (χ1) is 19.3. The van der Waals surface area contributed by atoms with E-state index in [1.54, 1.807) is 13.8 Å². The molecule has 0 bridgehead atoms. The molecule has 0 unspecified atom stereocenters. The van der Waals surface area contributed by atoms with Gasteiger partial charge in [0.1, 0.15) is 5.82 Å². The number of hydrogen-bond acceptors (Lipinski definition) is 6. The van der Waals surface area contributed by atoms with E-state index in [4.69, 9.17) is 4.74 Å². The van der Waals surface area contributed by atoms with E-state index in [0.29, 0.717) is 43.4 Å². The number of carbonyl (C=O) groups excluding carboxylic acids is 2. The molecule has 1 saturated heterocycles. The monoisotopic (exact) mass is 573 g/mol. The third-order valence-corrected chi connectivity index (χ3v) is 7.22. The standard InChI is InChI=1S/C29H34F3N5O4/c1-16(2)41-29(40)36-8-6-7-19(15-36)20-9-24(34-28(39)22-12-33-26(38)10-21(22)27(31)32)25(11-23(20)30)37-13-17(3)35(5)18(4)14-37/h7,9-12,16,18,27H,3,6,8,13-15H2,1-2,4-5H3,(H,33,38)(H,34,39)/t18-/m0/s1.